The summed E-state index contributed by atoms with van der Waals surface area (Å²) in [5, 5.41) is 10.9. The van der Waals surface area contributed by atoms with Crippen LogP contribution in [0, 0.1) is 10.1 Å². The second-order valence-corrected chi connectivity index (χ2v) is 5.53. The lowest BCUT2D eigenvalue weighted by Crippen LogP contribution is -3.28. The van der Waals surface area contributed by atoms with E-state index >= 15 is 0 Å². The van der Waals surface area contributed by atoms with E-state index in [-0.39, 0.29) is 5.69 Å². The molecule has 1 aliphatic heterocycles. The van der Waals surface area contributed by atoms with Crippen LogP contribution in [0.2, 0.25) is 0 Å². The van der Waals surface area contributed by atoms with Crippen molar-refractivity contribution in [3.63, 3.8) is 0 Å². The van der Waals surface area contributed by atoms with Gasteiger partial charge < -0.3 is 14.5 Å². The quantitative estimate of drug-likeness (QED) is 0.392. The van der Waals surface area contributed by atoms with E-state index in [0.29, 0.717) is 12.4 Å². The summed E-state index contributed by atoms with van der Waals surface area (Å²) in [5.41, 5.74) is 0.0463. The molecule has 116 valence electrons. The summed E-state index contributed by atoms with van der Waals surface area (Å²) in [4.78, 5) is 13.8. The number of nitrogens with one attached hydrogen (secondary N) is 2. The van der Waals surface area contributed by atoms with E-state index in [9.17, 15) is 10.1 Å². The van der Waals surface area contributed by atoms with Crippen LogP contribution >= 0.6 is 0 Å². The Bertz CT molecular complexity index is 459. The second-order valence-electron chi connectivity index (χ2n) is 5.53. The van der Waals surface area contributed by atoms with E-state index in [0.717, 1.165) is 13.0 Å². The molecule has 2 rings (SSSR count). The van der Waals surface area contributed by atoms with Crippen molar-refractivity contribution >= 4 is 5.69 Å². The molecular weight excluding hydrogens is 270 g/mol. The van der Waals surface area contributed by atoms with Gasteiger partial charge in [0.05, 0.1) is 24.6 Å². The molecule has 6 heteroatoms. The lowest BCUT2D eigenvalue weighted by molar-refractivity contribution is -1.01. The maximum Gasteiger partial charge on any atom is 0.310 e. The SMILES string of the molecule is CC[NH+]1CC[NH+](CCCOc2ccccc2[N+](=O)[O-])CC1. The van der Waals surface area contributed by atoms with Crippen molar-refractivity contribution in [2.75, 3.05) is 45.9 Å². The molecule has 1 aromatic rings. The third kappa shape index (κ3) is 4.68. The minimum absolute atomic E-state index is 0.0463. The van der Waals surface area contributed by atoms with Crippen molar-refractivity contribution in [1.29, 1.82) is 0 Å². The Morgan fingerprint density at radius 3 is 2.52 bits per heavy atom. The second kappa shape index (κ2) is 7.95. The number of nitrogens with zero attached hydrogens (tertiary/aromatic N) is 1. The molecule has 0 atom stereocenters. The average molecular weight is 295 g/mol. The lowest BCUT2D eigenvalue weighted by atomic mass is 10.3. The number of benzene rings is 1. The number of ether oxygens (including phenoxy) is 1. The van der Waals surface area contributed by atoms with E-state index in [4.69, 9.17) is 4.74 Å². The van der Waals surface area contributed by atoms with E-state index in [1.54, 1.807) is 28.0 Å². The van der Waals surface area contributed by atoms with Crippen LogP contribution in [-0.2, 0) is 0 Å². The summed E-state index contributed by atoms with van der Waals surface area (Å²) in [6.07, 6.45) is 0.933. The molecule has 0 unspecified atom stereocenters. The first-order valence-corrected chi connectivity index (χ1v) is 7.74. The molecule has 21 heavy (non-hydrogen) atoms. The Morgan fingerprint density at radius 2 is 1.86 bits per heavy atom. The normalized spacial score (nSPS) is 22.0. The highest BCUT2D eigenvalue weighted by Gasteiger charge is 2.21. The van der Waals surface area contributed by atoms with Gasteiger partial charge in [-0.15, -0.1) is 0 Å². The van der Waals surface area contributed by atoms with E-state index < -0.39 is 4.92 Å². The lowest BCUT2D eigenvalue weighted by Gasteiger charge is -2.28. The van der Waals surface area contributed by atoms with Crippen LogP contribution in [0.15, 0.2) is 24.3 Å². The molecule has 0 radical (unpaired) electrons. The van der Waals surface area contributed by atoms with Crippen LogP contribution < -0.4 is 14.5 Å². The van der Waals surface area contributed by atoms with Crippen LogP contribution in [0.25, 0.3) is 0 Å². The molecule has 1 heterocycles. The highest BCUT2D eigenvalue weighted by atomic mass is 16.6. The van der Waals surface area contributed by atoms with Crippen molar-refractivity contribution in [3.05, 3.63) is 34.4 Å². The third-order valence-electron chi connectivity index (χ3n) is 4.16. The van der Waals surface area contributed by atoms with Gasteiger partial charge in [0.1, 0.15) is 26.2 Å². The van der Waals surface area contributed by atoms with Crippen LogP contribution in [-0.4, -0.2) is 50.8 Å². The van der Waals surface area contributed by atoms with Gasteiger partial charge in [-0.3, -0.25) is 10.1 Å². The summed E-state index contributed by atoms with van der Waals surface area (Å²) in [6, 6.07) is 6.56. The predicted octanol–water partition coefficient (Wildman–Crippen LogP) is -0.833. The number of hydrogen-bond acceptors (Lipinski definition) is 3. The van der Waals surface area contributed by atoms with Crippen molar-refractivity contribution in [2.45, 2.75) is 13.3 Å². The maximum atomic E-state index is 10.9. The zero-order chi connectivity index (χ0) is 15.1. The fourth-order valence-corrected chi connectivity index (χ4v) is 2.80. The van der Waals surface area contributed by atoms with Gasteiger partial charge in [-0.1, -0.05) is 12.1 Å². The topological polar surface area (TPSA) is 61.2 Å². The van der Waals surface area contributed by atoms with E-state index in [1.807, 2.05) is 0 Å². The Hall–Kier alpha value is -1.66. The molecule has 1 aliphatic rings. The number of nitro benzene ring substituents is 1. The predicted molar refractivity (Wildman–Crippen MR) is 80.0 cm³/mol. The first-order valence-electron chi connectivity index (χ1n) is 7.74. The molecule has 0 amide bonds. The maximum absolute atomic E-state index is 10.9. The largest absolute Gasteiger partial charge is 0.487 e. The van der Waals surface area contributed by atoms with Gasteiger partial charge in [0.2, 0.25) is 0 Å². The van der Waals surface area contributed by atoms with Crippen LogP contribution in [0.3, 0.4) is 0 Å². The number of quaternary nitrogens is 2. The average Bonchev–Trinajstić information content (AvgIpc) is 2.52. The molecule has 1 saturated heterocycles. The zero-order valence-corrected chi connectivity index (χ0v) is 12.6. The highest BCUT2D eigenvalue weighted by Crippen LogP contribution is 2.25. The van der Waals surface area contributed by atoms with Gasteiger partial charge in [0, 0.05) is 12.5 Å². The minimum Gasteiger partial charge on any atom is -0.487 e. The van der Waals surface area contributed by atoms with Crippen molar-refractivity contribution < 1.29 is 19.5 Å². The minimum atomic E-state index is -0.396. The summed E-state index contributed by atoms with van der Waals surface area (Å²) >= 11 is 0. The number of hydrogen-bond donors (Lipinski definition) is 2. The summed E-state index contributed by atoms with van der Waals surface area (Å²) in [6.45, 7) is 10.0. The summed E-state index contributed by atoms with van der Waals surface area (Å²) in [5.74, 6) is 0.373. The van der Waals surface area contributed by atoms with Gasteiger partial charge in [-0.05, 0) is 13.0 Å². The Morgan fingerprint density at radius 1 is 1.19 bits per heavy atom. The fourth-order valence-electron chi connectivity index (χ4n) is 2.80. The molecule has 0 bridgehead atoms. The Labute approximate surface area is 125 Å². The molecule has 0 aromatic heterocycles. The summed E-state index contributed by atoms with van der Waals surface area (Å²) < 4.78 is 5.57. The van der Waals surface area contributed by atoms with Gasteiger partial charge in [0.15, 0.2) is 5.75 Å². The van der Waals surface area contributed by atoms with Gasteiger partial charge in [0.25, 0.3) is 0 Å². The van der Waals surface area contributed by atoms with Crippen LogP contribution in [0.4, 0.5) is 5.69 Å². The van der Waals surface area contributed by atoms with Gasteiger partial charge >= 0.3 is 5.69 Å². The van der Waals surface area contributed by atoms with E-state index in [1.165, 1.54) is 38.8 Å². The van der Waals surface area contributed by atoms with Crippen LogP contribution in [0.1, 0.15) is 13.3 Å². The molecule has 1 fully saturated rings. The molecule has 0 aliphatic carbocycles. The first kappa shape index (κ1) is 15.7. The van der Waals surface area contributed by atoms with Gasteiger partial charge in [-0.2, -0.15) is 0 Å². The zero-order valence-electron chi connectivity index (χ0n) is 12.6. The van der Waals surface area contributed by atoms with Crippen molar-refractivity contribution in [2.24, 2.45) is 0 Å². The molecular formula is C15H25N3O3+2. The van der Waals surface area contributed by atoms with E-state index in [2.05, 4.69) is 6.92 Å². The molecule has 1 aromatic carbocycles. The standard InChI is InChI=1S/C15H23N3O3/c1-2-16-9-11-17(12-10-16)8-5-13-21-15-7-4-3-6-14(15)18(19)20/h3-4,6-7H,2,5,8-13H2,1H3/p+2. The van der Waals surface area contributed by atoms with Crippen molar-refractivity contribution in [1.82, 2.24) is 0 Å². The fraction of sp³-hybridized carbons (Fsp3) is 0.600. The number of piperazine rings is 1. The van der Waals surface area contributed by atoms with Crippen LogP contribution in [0.5, 0.6) is 5.75 Å². The molecule has 0 saturated carbocycles. The monoisotopic (exact) mass is 295 g/mol. The smallest absolute Gasteiger partial charge is 0.310 e. The first-order chi connectivity index (χ1) is 10.2. The van der Waals surface area contributed by atoms with Gasteiger partial charge in [-0.25, -0.2) is 0 Å². The Kier molecular flexibility index (Phi) is 5.95. The number of likely N-dealkylation sites (N-methyl/N-ethyl adjacent to an activating group) is 1. The number of para-hydroxylation sites is 2. The number of nitro groups is 1. The number of rotatable bonds is 7. The Balaban J connectivity index is 1.70. The van der Waals surface area contributed by atoms with Crippen molar-refractivity contribution in [3.8, 4) is 5.75 Å². The third-order valence-corrected chi connectivity index (χ3v) is 4.16. The summed E-state index contributed by atoms with van der Waals surface area (Å²) in [7, 11) is 0. The molecule has 2 N–H and O–H groups in total. The highest BCUT2D eigenvalue weighted by molar-refractivity contribution is 5.45. The molecule has 0 spiro atoms. The molecule has 6 nitrogen and oxygen atoms in total.